The number of aliphatic carboxylic acids is 2. The molecule has 2 aromatic carbocycles. The van der Waals surface area contributed by atoms with Gasteiger partial charge in [0, 0.05) is 61.4 Å². The summed E-state index contributed by atoms with van der Waals surface area (Å²) < 4.78 is 31.3. The van der Waals surface area contributed by atoms with Crippen LogP contribution in [0, 0.1) is 17.0 Å². The summed E-state index contributed by atoms with van der Waals surface area (Å²) in [6, 6.07) is 9.37. The molecule has 0 saturated heterocycles. The van der Waals surface area contributed by atoms with E-state index in [1.807, 2.05) is 55.7 Å². The molecule has 0 aliphatic carbocycles. The van der Waals surface area contributed by atoms with Crippen molar-refractivity contribution in [2.24, 2.45) is 16.9 Å². The van der Waals surface area contributed by atoms with Gasteiger partial charge < -0.3 is 67.7 Å². The number of nitrogens with one attached hydrogen (secondary N) is 4. The number of thioether (sulfide) groups is 1. The Balaban J connectivity index is 1.67. The van der Waals surface area contributed by atoms with Gasteiger partial charge in [0.1, 0.15) is 30.3 Å². The summed E-state index contributed by atoms with van der Waals surface area (Å²) in [5, 5.41) is 55.4. The van der Waals surface area contributed by atoms with Crippen LogP contribution in [0.25, 0.3) is 11.1 Å². The Hall–Kier alpha value is -5.98. The average Bonchev–Trinajstić information content (AvgIpc) is 3.67. The molecule has 23 heteroatoms. The number of hydrogen-bond donors (Lipinski definition) is 11. The molecule has 5 atom stereocenters. The molecule has 1 heterocycles. The third-order valence-electron chi connectivity index (χ3n) is 10.2. The van der Waals surface area contributed by atoms with Gasteiger partial charge in [0.2, 0.25) is 29.5 Å². The number of hydrogen-bond acceptors (Lipinski definition) is 13. The highest BCUT2D eigenvalue weighted by Gasteiger charge is 2.37. The van der Waals surface area contributed by atoms with E-state index < -0.39 is 114 Å². The molecular weight excluding hydrogens is 903 g/mol. The topological polar surface area (TPSA) is 329 Å². The lowest BCUT2D eigenvalue weighted by atomic mass is 9.82. The molecule has 0 spiro atoms. The number of aliphatic hydroxyl groups is 3. The number of carbonyl (C=O) groups is 7. The highest BCUT2D eigenvalue weighted by Crippen LogP contribution is 2.41. The molecule has 5 amide bonds. The number of aromatic nitrogens is 1. The van der Waals surface area contributed by atoms with Crippen LogP contribution in [0.4, 0.5) is 8.78 Å². The van der Waals surface area contributed by atoms with Crippen LogP contribution in [0.5, 0.6) is 0 Å². The summed E-state index contributed by atoms with van der Waals surface area (Å²) in [5.74, 6) is -8.31. The summed E-state index contributed by atoms with van der Waals surface area (Å²) in [4.78, 5) is 88.9. The first-order valence-corrected chi connectivity index (χ1v) is 22.2. The molecule has 1 aromatic heterocycles. The predicted molar refractivity (Wildman–Crippen MR) is 241 cm³/mol. The molecule has 3 aromatic rings. The third-order valence-corrected chi connectivity index (χ3v) is 11.5. The van der Waals surface area contributed by atoms with E-state index in [9.17, 15) is 58.4 Å². The van der Waals surface area contributed by atoms with Crippen molar-refractivity contribution in [2.45, 2.75) is 88.7 Å². The SMILES string of the molecule is CC(C)(C)[C@H](c1cc(-c2cc(F)ccc2F)cn1Cc1ccccc1)N(CC[C@H](N)C(=O)NCCNC(=O)[C@@H](CCC(O)O)NC(=O)CNC(=O)[C@H](CC(=O)O)SC[C@H](N)C(=O)O)C(=O)CO. The monoisotopic (exact) mass is 962 g/mol. The number of aliphatic hydroxyl groups excluding tert-OH is 2. The quantitative estimate of drug-likeness (QED) is 0.0355. The largest absolute Gasteiger partial charge is 0.481 e. The minimum Gasteiger partial charge on any atom is -0.481 e. The van der Waals surface area contributed by atoms with Gasteiger partial charge >= 0.3 is 11.9 Å². The van der Waals surface area contributed by atoms with Crippen LogP contribution in [0.1, 0.15) is 63.8 Å². The number of halogens is 2. The smallest absolute Gasteiger partial charge is 0.321 e. The zero-order chi connectivity index (χ0) is 50.0. The molecule has 368 valence electrons. The third kappa shape index (κ3) is 18.0. The van der Waals surface area contributed by atoms with E-state index in [0.717, 1.165) is 23.8 Å². The fraction of sp³-hybridized carbons (Fsp3) is 0.477. The van der Waals surface area contributed by atoms with Crippen molar-refractivity contribution >= 4 is 53.2 Å². The van der Waals surface area contributed by atoms with E-state index in [4.69, 9.17) is 16.6 Å². The molecule has 0 saturated carbocycles. The Kier molecular flexibility index (Phi) is 21.8. The zero-order valence-electron chi connectivity index (χ0n) is 37.3. The van der Waals surface area contributed by atoms with Crippen molar-refractivity contribution in [3.8, 4) is 11.1 Å². The van der Waals surface area contributed by atoms with Crippen LogP contribution in [-0.4, -0.2) is 145 Å². The van der Waals surface area contributed by atoms with E-state index in [1.165, 1.54) is 4.90 Å². The number of nitrogens with two attached hydrogens (primary N) is 2. The van der Waals surface area contributed by atoms with E-state index in [-0.39, 0.29) is 50.2 Å². The number of carbonyl (C=O) groups excluding carboxylic acids is 5. The van der Waals surface area contributed by atoms with Gasteiger partial charge in [-0.25, -0.2) is 8.78 Å². The number of carboxylic acid groups (broad SMARTS) is 2. The van der Waals surface area contributed by atoms with E-state index in [2.05, 4.69) is 21.3 Å². The molecule has 67 heavy (non-hydrogen) atoms. The van der Waals surface area contributed by atoms with Crippen molar-refractivity contribution in [1.82, 2.24) is 30.7 Å². The first kappa shape index (κ1) is 55.3. The van der Waals surface area contributed by atoms with Gasteiger partial charge in [0.05, 0.1) is 30.3 Å². The Morgan fingerprint density at radius 3 is 2.09 bits per heavy atom. The summed E-state index contributed by atoms with van der Waals surface area (Å²) in [6.45, 7) is 3.79. The van der Waals surface area contributed by atoms with E-state index in [0.29, 0.717) is 29.6 Å². The summed E-state index contributed by atoms with van der Waals surface area (Å²) >= 11 is 0.667. The number of benzene rings is 2. The lowest BCUT2D eigenvalue weighted by molar-refractivity contribution is -0.140. The molecule has 13 N–H and O–H groups in total. The van der Waals surface area contributed by atoms with Crippen LogP contribution < -0.4 is 32.7 Å². The number of amides is 5. The summed E-state index contributed by atoms with van der Waals surface area (Å²) in [6.07, 6.45) is -1.61. The van der Waals surface area contributed by atoms with Crippen LogP contribution in [0.2, 0.25) is 0 Å². The molecular formula is C44H60F2N8O12S. The van der Waals surface area contributed by atoms with Crippen molar-refractivity contribution in [3.63, 3.8) is 0 Å². The molecule has 0 aliphatic rings. The van der Waals surface area contributed by atoms with Crippen LogP contribution in [0.3, 0.4) is 0 Å². The van der Waals surface area contributed by atoms with Gasteiger partial charge in [-0.3, -0.25) is 33.6 Å². The van der Waals surface area contributed by atoms with Crippen LogP contribution in [-0.2, 0) is 40.1 Å². The summed E-state index contributed by atoms with van der Waals surface area (Å²) in [7, 11) is 0. The fourth-order valence-electron chi connectivity index (χ4n) is 6.92. The predicted octanol–water partition coefficient (Wildman–Crippen LogP) is 0.0198. The first-order chi connectivity index (χ1) is 31.5. The van der Waals surface area contributed by atoms with Gasteiger partial charge in [-0.05, 0) is 48.1 Å². The Morgan fingerprint density at radius 1 is 0.836 bits per heavy atom. The number of rotatable bonds is 27. The molecule has 0 radical (unpaired) electrons. The van der Waals surface area contributed by atoms with Crippen molar-refractivity contribution < 1.29 is 67.9 Å². The first-order valence-electron chi connectivity index (χ1n) is 21.2. The van der Waals surface area contributed by atoms with Crippen LogP contribution >= 0.6 is 11.8 Å². The second-order valence-corrected chi connectivity index (χ2v) is 17.9. The van der Waals surface area contributed by atoms with Gasteiger partial charge in [-0.1, -0.05) is 51.1 Å². The second-order valence-electron chi connectivity index (χ2n) is 16.6. The van der Waals surface area contributed by atoms with Crippen molar-refractivity contribution in [1.29, 1.82) is 0 Å². The Morgan fingerprint density at radius 2 is 1.49 bits per heavy atom. The molecule has 3 rings (SSSR count). The minimum atomic E-state index is -1.84. The lowest BCUT2D eigenvalue weighted by Crippen LogP contribution is -2.52. The van der Waals surface area contributed by atoms with Gasteiger partial charge in [0.15, 0.2) is 6.29 Å². The molecule has 0 aliphatic heterocycles. The number of nitrogens with zero attached hydrogens (tertiary/aromatic N) is 2. The molecule has 20 nitrogen and oxygen atoms in total. The molecule has 0 bridgehead atoms. The summed E-state index contributed by atoms with van der Waals surface area (Å²) in [5.41, 5.74) is 12.8. The lowest BCUT2D eigenvalue weighted by Gasteiger charge is -2.41. The molecule has 0 unspecified atom stereocenters. The Bertz CT molecular complexity index is 2170. The maximum Gasteiger partial charge on any atom is 0.321 e. The van der Waals surface area contributed by atoms with Crippen molar-refractivity contribution in [3.05, 3.63) is 83.7 Å². The maximum absolute atomic E-state index is 15.1. The normalized spacial score (nSPS) is 13.7. The average molecular weight is 963 g/mol. The van der Waals surface area contributed by atoms with Crippen LogP contribution in [0.15, 0.2) is 60.8 Å². The Labute approximate surface area is 389 Å². The molecule has 0 fully saturated rings. The standard InChI is InChI=1S/C44H60F2N8O12S/c1-44(2,3)39(33-17-26(28-18-27(45)9-10-29(28)46)22-53(33)21-25-7-5-4-6-8-25)54(36(57)23-55)16-13-30(47)40(62)49-14-15-50-41(63)32(11-12-37(58)59)52-35(56)20-51-42(64)34(19-38(60)61)67-24-31(48)43(65)66/h4-10,17-18,22,30-32,34,37,39,55,58-59H,11-16,19-21,23-24,47-48H2,1-3H3,(H,49,62)(H,50,63)(H,51,64)(H,52,56)(H,60,61)(H,65,66)/t30-,31-,32+,34-,39-/m0/s1. The van der Waals surface area contributed by atoms with Gasteiger partial charge in [-0.15, -0.1) is 11.8 Å². The second kappa shape index (κ2) is 26.4. The van der Waals surface area contributed by atoms with Gasteiger partial charge in [-0.2, -0.15) is 0 Å². The van der Waals surface area contributed by atoms with E-state index >= 15 is 4.39 Å². The minimum absolute atomic E-state index is 0.00413. The van der Waals surface area contributed by atoms with Crippen molar-refractivity contribution in [2.75, 3.05) is 38.5 Å². The maximum atomic E-state index is 15.1. The highest BCUT2D eigenvalue weighted by molar-refractivity contribution is 8.00. The fourth-order valence-corrected chi connectivity index (χ4v) is 8.00. The number of carboxylic acids is 2. The van der Waals surface area contributed by atoms with Gasteiger partial charge in [0.25, 0.3) is 0 Å². The highest BCUT2D eigenvalue weighted by atomic mass is 32.2. The van der Waals surface area contributed by atoms with E-state index in [1.54, 1.807) is 12.3 Å². The zero-order valence-corrected chi connectivity index (χ0v) is 38.1.